The van der Waals surface area contributed by atoms with E-state index in [1.54, 1.807) is 17.0 Å². The Morgan fingerprint density at radius 3 is 2.50 bits per heavy atom. The molecule has 30 heavy (non-hydrogen) atoms. The van der Waals surface area contributed by atoms with Crippen molar-refractivity contribution in [2.45, 2.75) is 39.5 Å². The first-order chi connectivity index (χ1) is 14.2. The van der Waals surface area contributed by atoms with E-state index in [4.69, 9.17) is 14.2 Å². The fourth-order valence-electron chi connectivity index (χ4n) is 3.74. The van der Waals surface area contributed by atoms with E-state index in [1.807, 2.05) is 31.2 Å². The number of carbonyl (C=O) groups is 2. The molecule has 2 aromatic carbocycles. The highest BCUT2D eigenvalue weighted by Crippen LogP contribution is 2.36. The van der Waals surface area contributed by atoms with E-state index in [0.29, 0.717) is 36.1 Å². The summed E-state index contributed by atoms with van der Waals surface area (Å²) in [6, 6.07) is 11.3. The van der Waals surface area contributed by atoms with Gasteiger partial charge in [-0.2, -0.15) is 0 Å². The Morgan fingerprint density at radius 1 is 1.07 bits per heavy atom. The van der Waals surface area contributed by atoms with Gasteiger partial charge in [0, 0.05) is 24.7 Å². The van der Waals surface area contributed by atoms with Gasteiger partial charge in [-0.15, -0.1) is 0 Å². The Labute approximate surface area is 176 Å². The van der Waals surface area contributed by atoms with Gasteiger partial charge in [-0.25, -0.2) is 0 Å². The van der Waals surface area contributed by atoms with Crippen LogP contribution in [0.25, 0.3) is 0 Å². The molecule has 0 radical (unpaired) electrons. The van der Waals surface area contributed by atoms with Gasteiger partial charge in [0.05, 0.1) is 5.92 Å². The second-order valence-electron chi connectivity index (χ2n) is 8.88. The highest BCUT2D eigenvalue weighted by molar-refractivity contribution is 6.00. The first-order valence-electron chi connectivity index (χ1n) is 10.3. The van der Waals surface area contributed by atoms with Crippen molar-refractivity contribution in [1.29, 1.82) is 0 Å². The van der Waals surface area contributed by atoms with Gasteiger partial charge >= 0.3 is 5.97 Å². The molecule has 1 saturated heterocycles. The first-order valence-corrected chi connectivity index (χ1v) is 10.3. The van der Waals surface area contributed by atoms with Crippen LogP contribution in [0.2, 0.25) is 0 Å². The Morgan fingerprint density at radius 2 is 1.80 bits per heavy atom. The summed E-state index contributed by atoms with van der Waals surface area (Å²) in [4.78, 5) is 26.9. The molecule has 0 N–H and O–H groups in total. The molecule has 0 spiro atoms. The predicted octanol–water partition coefficient (Wildman–Crippen LogP) is 4.02. The lowest BCUT2D eigenvalue weighted by Gasteiger charge is -2.22. The number of rotatable bonds is 3. The van der Waals surface area contributed by atoms with Crippen molar-refractivity contribution >= 4 is 17.6 Å². The molecule has 2 aromatic rings. The van der Waals surface area contributed by atoms with E-state index in [1.165, 1.54) is 5.56 Å². The van der Waals surface area contributed by atoms with Crippen molar-refractivity contribution in [3.8, 4) is 17.2 Å². The van der Waals surface area contributed by atoms with Gasteiger partial charge in [0.25, 0.3) is 0 Å². The standard InChI is InChI=1S/C24H27NO5/c1-15-11-17(24(2,3)4)5-7-19(15)30-23(27)16-12-22(26)25(14-16)18-6-8-20-21(13-18)29-10-9-28-20/h5-8,11,13,16H,9-10,12,14H2,1-4H3. The number of aryl methyl sites for hydroxylation is 1. The van der Waals surface area contributed by atoms with Crippen LogP contribution < -0.4 is 19.1 Å². The minimum atomic E-state index is -0.507. The molecule has 1 unspecified atom stereocenters. The molecule has 158 valence electrons. The van der Waals surface area contributed by atoms with Crippen molar-refractivity contribution in [2.24, 2.45) is 5.92 Å². The molecule has 0 saturated carbocycles. The fourth-order valence-corrected chi connectivity index (χ4v) is 3.74. The molecule has 2 heterocycles. The van der Waals surface area contributed by atoms with Crippen molar-refractivity contribution in [3.05, 3.63) is 47.5 Å². The van der Waals surface area contributed by atoms with Gasteiger partial charge in [0.2, 0.25) is 5.91 Å². The number of esters is 1. The number of fused-ring (bicyclic) bond motifs is 1. The maximum Gasteiger partial charge on any atom is 0.316 e. The van der Waals surface area contributed by atoms with E-state index in [-0.39, 0.29) is 30.3 Å². The monoisotopic (exact) mass is 409 g/mol. The number of benzene rings is 2. The van der Waals surface area contributed by atoms with Crippen LogP contribution in [-0.4, -0.2) is 31.6 Å². The van der Waals surface area contributed by atoms with Gasteiger partial charge < -0.3 is 19.1 Å². The molecule has 0 aromatic heterocycles. The minimum absolute atomic E-state index is 0.0231. The van der Waals surface area contributed by atoms with Crippen LogP contribution in [-0.2, 0) is 15.0 Å². The van der Waals surface area contributed by atoms with Crippen molar-refractivity contribution in [2.75, 3.05) is 24.7 Å². The predicted molar refractivity (Wildman–Crippen MR) is 113 cm³/mol. The smallest absolute Gasteiger partial charge is 0.316 e. The quantitative estimate of drug-likeness (QED) is 0.566. The molecule has 1 amide bonds. The van der Waals surface area contributed by atoms with Crippen LogP contribution in [0.1, 0.15) is 38.3 Å². The van der Waals surface area contributed by atoms with Gasteiger partial charge in [0.1, 0.15) is 19.0 Å². The SMILES string of the molecule is Cc1cc(C(C)(C)C)ccc1OC(=O)C1CC(=O)N(c2ccc3c(c2)OCCO3)C1. The zero-order valence-electron chi connectivity index (χ0n) is 17.9. The highest BCUT2D eigenvalue weighted by atomic mass is 16.6. The largest absolute Gasteiger partial charge is 0.486 e. The molecular weight excluding hydrogens is 382 g/mol. The third-order valence-electron chi connectivity index (χ3n) is 5.55. The van der Waals surface area contributed by atoms with Crippen LogP contribution in [0.4, 0.5) is 5.69 Å². The summed E-state index contributed by atoms with van der Waals surface area (Å²) in [5.74, 6) is 0.836. The number of hydrogen-bond acceptors (Lipinski definition) is 5. The lowest BCUT2D eigenvalue weighted by atomic mass is 9.86. The normalized spacial score (nSPS) is 18.5. The molecule has 0 bridgehead atoms. The van der Waals surface area contributed by atoms with Crippen LogP contribution in [0, 0.1) is 12.8 Å². The molecule has 1 atom stereocenters. The Bertz CT molecular complexity index is 992. The molecule has 4 rings (SSSR count). The van der Waals surface area contributed by atoms with Gasteiger partial charge in [-0.3, -0.25) is 9.59 Å². The van der Waals surface area contributed by atoms with E-state index in [0.717, 1.165) is 5.56 Å². The average molecular weight is 409 g/mol. The summed E-state index contributed by atoms with van der Waals surface area (Å²) in [5.41, 5.74) is 2.81. The van der Waals surface area contributed by atoms with Crippen LogP contribution >= 0.6 is 0 Å². The average Bonchev–Trinajstić information content (AvgIpc) is 3.10. The fraction of sp³-hybridized carbons (Fsp3) is 0.417. The summed E-state index contributed by atoms with van der Waals surface area (Å²) in [6.45, 7) is 9.64. The van der Waals surface area contributed by atoms with Crippen LogP contribution in [0.5, 0.6) is 17.2 Å². The maximum atomic E-state index is 12.8. The molecule has 2 aliphatic rings. The Balaban J connectivity index is 1.46. The van der Waals surface area contributed by atoms with E-state index in [9.17, 15) is 9.59 Å². The summed E-state index contributed by atoms with van der Waals surface area (Å²) in [6.07, 6.45) is 0.131. The molecule has 1 fully saturated rings. The second-order valence-corrected chi connectivity index (χ2v) is 8.88. The van der Waals surface area contributed by atoms with Gasteiger partial charge in [0.15, 0.2) is 11.5 Å². The van der Waals surface area contributed by atoms with E-state index < -0.39 is 5.92 Å². The Hall–Kier alpha value is -3.02. The summed E-state index contributed by atoms with van der Waals surface area (Å²) >= 11 is 0. The van der Waals surface area contributed by atoms with Gasteiger partial charge in [-0.1, -0.05) is 32.9 Å². The lowest BCUT2D eigenvalue weighted by molar-refractivity contribution is -0.139. The molecular formula is C24H27NO5. The maximum absolute atomic E-state index is 12.8. The third kappa shape index (κ3) is 3.99. The number of amides is 1. The number of nitrogens with zero attached hydrogens (tertiary/aromatic N) is 1. The number of anilines is 1. The van der Waals surface area contributed by atoms with Gasteiger partial charge in [-0.05, 0) is 41.7 Å². The molecule has 0 aliphatic carbocycles. The van der Waals surface area contributed by atoms with E-state index in [2.05, 4.69) is 20.8 Å². The molecule has 6 nitrogen and oxygen atoms in total. The van der Waals surface area contributed by atoms with Crippen LogP contribution in [0.3, 0.4) is 0 Å². The highest BCUT2D eigenvalue weighted by Gasteiger charge is 2.37. The van der Waals surface area contributed by atoms with Crippen molar-refractivity contribution in [3.63, 3.8) is 0 Å². The van der Waals surface area contributed by atoms with Crippen LogP contribution in [0.15, 0.2) is 36.4 Å². The van der Waals surface area contributed by atoms with Crippen molar-refractivity contribution < 1.29 is 23.8 Å². The number of ether oxygens (including phenoxy) is 3. The summed E-state index contributed by atoms with van der Waals surface area (Å²) in [5, 5.41) is 0. The van der Waals surface area contributed by atoms with E-state index >= 15 is 0 Å². The third-order valence-corrected chi connectivity index (χ3v) is 5.55. The Kier molecular flexibility index (Phi) is 5.18. The zero-order chi connectivity index (χ0) is 21.5. The molecule has 6 heteroatoms. The zero-order valence-corrected chi connectivity index (χ0v) is 17.9. The number of hydrogen-bond donors (Lipinski definition) is 0. The van der Waals surface area contributed by atoms with Crippen molar-refractivity contribution in [1.82, 2.24) is 0 Å². The summed E-state index contributed by atoms with van der Waals surface area (Å²) in [7, 11) is 0. The minimum Gasteiger partial charge on any atom is -0.486 e. The molecule has 2 aliphatic heterocycles. The first kappa shape index (κ1) is 20.3. The second kappa shape index (κ2) is 7.67. The lowest BCUT2D eigenvalue weighted by Crippen LogP contribution is -2.27. The summed E-state index contributed by atoms with van der Waals surface area (Å²) < 4.78 is 16.8. The number of carbonyl (C=O) groups excluding carboxylic acids is 2. The topological polar surface area (TPSA) is 65.1 Å².